The summed E-state index contributed by atoms with van der Waals surface area (Å²) in [5.41, 5.74) is 0.338. The lowest BCUT2D eigenvalue weighted by molar-refractivity contribution is -0.274. The van der Waals surface area contributed by atoms with Crippen molar-refractivity contribution in [2.45, 2.75) is 31.0 Å². The predicted octanol–water partition coefficient (Wildman–Crippen LogP) is 2.25. The minimum absolute atomic E-state index is 0.123. The van der Waals surface area contributed by atoms with Crippen LogP contribution in [0.15, 0.2) is 24.3 Å². The fraction of sp³-hybridized carbons (Fsp3) is 0.538. The average molecular weight is 323 g/mol. The Bertz CT molecular complexity index is 587. The Morgan fingerprint density at radius 2 is 2.00 bits per heavy atom. The van der Waals surface area contributed by atoms with E-state index in [4.69, 9.17) is 0 Å². The van der Waals surface area contributed by atoms with Crippen molar-refractivity contribution in [1.82, 2.24) is 5.32 Å². The van der Waals surface area contributed by atoms with Crippen molar-refractivity contribution in [3.05, 3.63) is 29.8 Å². The lowest BCUT2D eigenvalue weighted by atomic mass is 10.2. The molecule has 0 saturated carbocycles. The summed E-state index contributed by atoms with van der Waals surface area (Å²) in [6, 6.07) is 5.80. The van der Waals surface area contributed by atoms with Crippen LogP contribution in [0, 0.1) is 0 Å². The predicted molar refractivity (Wildman–Crippen MR) is 71.6 cm³/mol. The molecule has 8 heteroatoms. The highest BCUT2D eigenvalue weighted by atomic mass is 32.2. The maximum absolute atomic E-state index is 12.3. The first-order chi connectivity index (χ1) is 9.78. The van der Waals surface area contributed by atoms with E-state index in [2.05, 4.69) is 10.1 Å². The number of hydrogen-bond acceptors (Lipinski definition) is 4. The molecular formula is C13H16F3NO3S. The normalized spacial score (nSPS) is 21.4. The van der Waals surface area contributed by atoms with Crippen LogP contribution >= 0.6 is 0 Å². The zero-order chi connectivity index (χ0) is 15.5. The summed E-state index contributed by atoms with van der Waals surface area (Å²) in [6.45, 7) is 0.362. The third-order valence-corrected chi connectivity index (χ3v) is 5.62. The Morgan fingerprint density at radius 1 is 1.29 bits per heavy atom. The standard InChI is InChI=1S/C13H16F3NO3S/c14-13(15,16)20-12-6-2-1-4-10(12)8-17-9-11-5-3-7-21(11,18)19/h1-2,4,6,11,17H,3,5,7-9H2. The van der Waals surface area contributed by atoms with Crippen LogP contribution in [0.3, 0.4) is 0 Å². The van der Waals surface area contributed by atoms with Gasteiger partial charge in [-0.3, -0.25) is 0 Å². The van der Waals surface area contributed by atoms with Crippen molar-refractivity contribution in [3.8, 4) is 5.75 Å². The van der Waals surface area contributed by atoms with Crippen molar-refractivity contribution in [1.29, 1.82) is 0 Å². The van der Waals surface area contributed by atoms with E-state index in [9.17, 15) is 21.6 Å². The van der Waals surface area contributed by atoms with Gasteiger partial charge in [-0.05, 0) is 18.9 Å². The Kier molecular flexibility index (Phi) is 4.77. The van der Waals surface area contributed by atoms with E-state index in [1.807, 2.05) is 0 Å². The molecule has 1 heterocycles. The van der Waals surface area contributed by atoms with Crippen LogP contribution in [0.2, 0.25) is 0 Å². The van der Waals surface area contributed by atoms with E-state index in [1.54, 1.807) is 6.07 Å². The van der Waals surface area contributed by atoms with Crippen molar-refractivity contribution in [3.63, 3.8) is 0 Å². The Hall–Kier alpha value is -1.28. The number of benzene rings is 1. The van der Waals surface area contributed by atoms with Gasteiger partial charge in [0, 0.05) is 18.7 Å². The number of hydrogen-bond donors (Lipinski definition) is 1. The van der Waals surface area contributed by atoms with Crippen LogP contribution in [-0.4, -0.2) is 32.3 Å². The minimum Gasteiger partial charge on any atom is -0.405 e. The van der Waals surface area contributed by atoms with Gasteiger partial charge in [0.15, 0.2) is 9.84 Å². The second-order valence-corrected chi connectivity index (χ2v) is 7.32. The zero-order valence-corrected chi connectivity index (χ0v) is 12.0. The van der Waals surface area contributed by atoms with Gasteiger partial charge in [0.25, 0.3) is 0 Å². The zero-order valence-electron chi connectivity index (χ0n) is 11.2. The van der Waals surface area contributed by atoms with Crippen LogP contribution in [0.5, 0.6) is 5.75 Å². The molecule has 1 unspecified atom stereocenters. The van der Waals surface area contributed by atoms with Crippen LogP contribution in [-0.2, 0) is 16.4 Å². The van der Waals surface area contributed by atoms with Crippen molar-refractivity contribution in [2.24, 2.45) is 0 Å². The molecule has 1 N–H and O–H groups in total. The summed E-state index contributed by atoms with van der Waals surface area (Å²) >= 11 is 0. The monoisotopic (exact) mass is 323 g/mol. The van der Waals surface area contributed by atoms with Gasteiger partial charge in [0.2, 0.25) is 0 Å². The number of para-hydroxylation sites is 1. The first-order valence-corrected chi connectivity index (χ1v) is 8.25. The Balaban J connectivity index is 1.94. The molecule has 0 radical (unpaired) electrons. The number of sulfone groups is 1. The van der Waals surface area contributed by atoms with Gasteiger partial charge >= 0.3 is 6.36 Å². The highest BCUT2D eigenvalue weighted by Gasteiger charge is 2.32. The van der Waals surface area contributed by atoms with E-state index in [0.717, 1.165) is 0 Å². The van der Waals surface area contributed by atoms with Crippen molar-refractivity contribution >= 4 is 9.84 Å². The van der Waals surface area contributed by atoms with Gasteiger partial charge in [-0.25, -0.2) is 8.42 Å². The maximum atomic E-state index is 12.3. The molecule has 1 aliphatic rings. The second-order valence-electron chi connectivity index (χ2n) is 4.92. The molecule has 1 saturated heterocycles. The molecule has 1 atom stereocenters. The number of alkyl halides is 3. The van der Waals surface area contributed by atoms with E-state index in [-0.39, 0.29) is 24.6 Å². The van der Waals surface area contributed by atoms with E-state index < -0.39 is 21.4 Å². The Labute approximate surface area is 121 Å². The first kappa shape index (κ1) is 16.1. The third kappa shape index (κ3) is 4.60. The third-order valence-electron chi connectivity index (χ3n) is 3.35. The molecule has 1 aromatic carbocycles. The van der Waals surface area contributed by atoms with Gasteiger partial charge < -0.3 is 10.1 Å². The van der Waals surface area contributed by atoms with E-state index in [1.165, 1.54) is 18.2 Å². The van der Waals surface area contributed by atoms with Gasteiger partial charge in [0.05, 0.1) is 11.0 Å². The van der Waals surface area contributed by atoms with Gasteiger partial charge in [-0.2, -0.15) is 0 Å². The smallest absolute Gasteiger partial charge is 0.405 e. The van der Waals surface area contributed by atoms with Crippen LogP contribution < -0.4 is 10.1 Å². The molecule has 1 aliphatic heterocycles. The number of rotatable bonds is 5. The summed E-state index contributed by atoms with van der Waals surface area (Å²) in [6.07, 6.45) is -3.51. The molecule has 0 spiro atoms. The van der Waals surface area contributed by atoms with Gasteiger partial charge in [-0.1, -0.05) is 18.2 Å². The van der Waals surface area contributed by atoms with Gasteiger partial charge in [-0.15, -0.1) is 13.2 Å². The number of nitrogens with one attached hydrogen (secondary N) is 1. The second kappa shape index (κ2) is 6.23. The van der Waals surface area contributed by atoms with E-state index >= 15 is 0 Å². The van der Waals surface area contributed by atoms with E-state index in [0.29, 0.717) is 18.4 Å². The van der Waals surface area contributed by atoms with Crippen molar-refractivity contribution in [2.75, 3.05) is 12.3 Å². The van der Waals surface area contributed by atoms with Gasteiger partial charge in [0.1, 0.15) is 5.75 Å². The molecule has 1 aromatic rings. The maximum Gasteiger partial charge on any atom is 0.573 e. The molecule has 4 nitrogen and oxygen atoms in total. The molecule has 1 fully saturated rings. The fourth-order valence-electron chi connectivity index (χ4n) is 2.33. The molecular weight excluding hydrogens is 307 g/mol. The summed E-state index contributed by atoms with van der Waals surface area (Å²) in [7, 11) is -3.05. The number of ether oxygens (including phenoxy) is 1. The van der Waals surface area contributed by atoms with Crippen LogP contribution in [0.4, 0.5) is 13.2 Å². The molecule has 0 aromatic heterocycles. The fourth-order valence-corrected chi connectivity index (χ4v) is 4.13. The highest BCUT2D eigenvalue weighted by Crippen LogP contribution is 2.26. The minimum atomic E-state index is -4.75. The lowest BCUT2D eigenvalue weighted by Crippen LogP contribution is -2.30. The molecule has 0 amide bonds. The first-order valence-electron chi connectivity index (χ1n) is 6.54. The summed E-state index contributed by atoms with van der Waals surface area (Å²) in [4.78, 5) is 0. The topological polar surface area (TPSA) is 55.4 Å². The quantitative estimate of drug-likeness (QED) is 0.903. The SMILES string of the molecule is O=S1(=O)CCCC1CNCc1ccccc1OC(F)(F)F. The number of halogens is 3. The highest BCUT2D eigenvalue weighted by molar-refractivity contribution is 7.92. The summed E-state index contributed by atoms with van der Waals surface area (Å²) in [5.74, 6) is -0.0839. The molecule has 118 valence electrons. The van der Waals surface area contributed by atoms with Crippen LogP contribution in [0.25, 0.3) is 0 Å². The summed E-state index contributed by atoms with van der Waals surface area (Å²) in [5, 5.41) is 2.45. The average Bonchev–Trinajstić information content (AvgIpc) is 2.69. The largest absolute Gasteiger partial charge is 0.573 e. The summed E-state index contributed by atoms with van der Waals surface area (Å²) < 4.78 is 64.0. The molecule has 2 rings (SSSR count). The molecule has 0 bridgehead atoms. The lowest BCUT2D eigenvalue weighted by Gasteiger charge is -2.15. The molecule has 21 heavy (non-hydrogen) atoms. The van der Waals surface area contributed by atoms with Crippen LogP contribution in [0.1, 0.15) is 18.4 Å². The molecule has 0 aliphatic carbocycles. The van der Waals surface area contributed by atoms with Crippen molar-refractivity contribution < 1.29 is 26.3 Å². The Morgan fingerprint density at radius 3 is 2.62 bits per heavy atom.